The average molecular weight is 1210 g/mol. The van der Waals surface area contributed by atoms with Crippen LogP contribution in [0.1, 0.15) is 93.9 Å². The molecule has 0 bridgehead atoms. The molecule has 4 N–H and O–H groups in total. The van der Waals surface area contributed by atoms with Crippen molar-refractivity contribution in [1.82, 2.24) is 35.0 Å². The Bertz CT molecular complexity index is 3360. The van der Waals surface area contributed by atoms with Crippen molar-refractivity contribution in [2.24, 2.45) is 17.6 Å². The number of phenols is 1. The average Bonchev–Trinajstić information content (AvgIpc) is 2.26. The molecule has 6 aromatic rings. The number of benzene rings is 4. The number of likely N-dealkylation sites (N-methyl/N-ethyl adjacent to an activating group) is 1. The lowest BCUT2D eigenvalue weighted by molar-refractivity contribution is -0.147. The number of hydrogen-bond donors (Lipinski definition) is 3. The molecule has 1 aliphatic carbocycles. The first-order valence-electron chi connectivity index (χ1n) is 31.5. The Morgan fingerprint density at radius 1 is 0.805 bits per heavy atom. The Hall–Kier alpha value is -6.94. The van der Waals surface area contributed by atoms with E-state index < -0.39 is 17.4 Å². The fourth-order valence-electron chi connectivity index (χ4n) is 13.8. The van der Waals surface area contributed by atoms with Gasteiger partial charge in [0.1, 0.15) is 40.6 Å². The lowest BCUT2D eigenvalue weighted by Crippen LogP contribution is -2.63. The third kappa shape index (κ3) is 14.2. The number of carbonyl (C=O) groups excluding carboxylic acids is 3. The summed E-state index contributed by atoms with van der Waals surface area (Å²) in [5, 5.41) is 20.9. The van der Waals surface area contributed by atoms with Gasteiger partial charge >= 0.3 is 6.01 Å². The predicted octanol–water partition coefficient (Wildman–Crippen LogP) is 8.69. The van der Waals surface area contributed by atoms with Gasteiger partial charge in [-0.1, -0.05) is 74.4 Å². The van der Waals surface area contributed by atoms with Gasteiger partial charge in [-0.3, -0.25) is 19.3 Å². The number of nitrogens with zero attached hydrogens (tertiary/aromatic N) is 8. The molecule has 4 aromatic carbocycles. The molecule has 3 amide bonds. The zero-order chi connectivity index (χ0) is 60.4. The molecule has 0 spiro atoms. The Morgan fingerprint density at radius 2 is 1.53 bits per heavy atom. The summed E-state index contributed by atoms with van der Waals surface area (Å²) in [7, 11) is 1.74. The second-order valence-corrected chi connectivity index (χ2v) is 25.0. The van der Waals surface area contributed by atoms with E-state index >= 15 is 0 Å². The van der Waals surface area contributed by atoms with Crippen LogP contribution in [0.3, 0.4) is 0 Å². The minimum absolute atomic E-state index is 0.00190. The van der Waals surface area contributed by atoms with Crippen molar-refractivity contribution in [2.75, 3.05) is 115 Å². The van der Waals surface area contributed by atoms with Crippen molar-refractivity contribution in [1.29, 1.82) is 0 Å². The second-order valence-electron chi connectivity index (χ2n) is 24.1. The summed E-state index contributed by atoms with van der Waals surface area (Å²) in [5.41, 5.74) is 9.72. The van der Waals surface area contributed by atoms with Crippen molar-refractivity contribution in [3.8, 4) is 28.8 Å². The summed E-state index contributed by atoms with van der Waals surface area (Å²) in [4.78, 5) is 66.2. The van der Waals surface area contributed by atoms with Gasteiger partial charge in [0.15, 0.2) is 0 Å². The van der Waals surface area contributed by atoms with Crippen molar-refractivity contribution in [3.05, 3.63) is 107 Å². The smallest absolute Gasteiger partial charge is 0.318 e. The maximum absolute atomic E-state index is 14.7. The molecule has 6 heterocycles. The van der Waals surface area contributed by atoms with Gasteiger partial charge in [-0.2, -0.15) is 9.97 Å². The van der Waals surface area contributed by atoms with E-state index in [-0.39, 0.29) is 41.7 Å². The second kappa shape index (κ2) is 28.5. The summed E-state index contributed by atoms with van der Waals surface area (Å²) < 4.78 is 30.9. The minimum Gasteiger partial charge on any atom is -0.508 e. The van der Waals surface area contributed by atoms with Gasteiger partial charge in [0.25, 0.3) is 0 Å². The van der Waals surface area contributed by atoms with Gasteiger partial charge in [-0.25, -0.2) is 4.98 Å². The van der Waals surface area contributed by atoms with E-state index in [9.17, 15) is 19.5 Å². The summed E-state index contributed by atoms with van der Waals surface area (Å²) in [5.74, 6) is 0.882. The first kappa shape index (κ1) is 61.7. The highest BCUT2D eigenvalue weighted by molar-refractivity contribution is 7.10. The monoisotopic (exact) mass is 1210 g/mol. The zero-order valence-corrected chi connectivity index (χ0v) is 51.7. The molecule has 20 heteroatoms. The molecular formula is C67H86N10O9S. The predicted molar refractivity (Wildman–Crippen MR) is 339 cm³/mol. The number of fused-ring (bicyclic) bond motifs is 3. The van der Waals surface area contributed by atoms with E-state index in [1.54, 1.807) is 31.4 Å². The molecule has 2 aromatic heterocycles. The number of piperazine rings is 1. The number of aromatic nitrogens is 3. The highest BCUT2D eigenvalue weighted by atomic mass is 32.1. The number of phenolic OH excluding ortho intramolecular Hbond substituents is 1. The Labute approximate surface area is 515 Å². The number of hydrogen-bond acceptors (Lipinski definition) is 17. The van der Waals surface area contributed by atoms with E-state index in [1.807, 2.05) is 52.3 Å². The Balaban J connectivity index is 0.603. The van der Waals surface area contributed by atoms with Gasteiger partial charge in [0.2, 0.25) is 17.7 Å². The molecule has 4 atom stereocenters. The molecule has 5 aliphatic rings. The molecule has 4 aliphatic heterocycles. The van der Waals surface area contributed by atoms with Gasteiger partial charge in [0.05, 0.1) is 69.0 Å². The number of anilines is 2. The van der Waals surface area contributed by atoms with Crippen LogP contribution in [0.4, 0.5) is 11.5 Å². The number of rotatable bonds is 25. The number of piperidine rings is 1. The van der Waals surface area contributed by atoms with Crippen molar-refractivity contribution < 1.29 is 43.2 Å². The fourth-order valence-corrected chi connectivity index (χ4v) is 14.8. The van der Waals surface area contributed by atoms with E-state index in [2.05, 4.69) is 63.2 Å². The van der Waals surface area contributed by atoms with Crippen molar-refractivity contribution in [2.45, 2.75) is 108 Å². The first-order valence-corrected chi connectivity index (χ1v) is 32.4. The normalized spacial score (nSPS) is 19.5. The number of primary amides is 1. The van der Waals surface area contributed by atoms with E-state index in [1.165, 1.54) is 6.08 Å². The molecule has 11 rings (SSSR count). The molecule has 19 nitrogen and oxygen atoms in total. The van der Waals surface area contributed by atoms with E-state index in [4.69, 9.17) is 44.4 Å². The zero-order valence-electron chi connectivity index (χ0n) is 50.8. The fraction of sp³-hybridized carbons (Fsp3) is 0.522. The minimum atomic E-state index is -1.15. The highest BCUT2D eigenvalue weighted by Crippen LogP contribution is 2.44. The van der Waals surface area contributed by atoms with Crippen LogP contribution in [0.15, 0.2) is 90.8 Å². The first-order chi connectivity index (χ1) is 42.4. The molecule has 87 heavy (non-hydrogen) atoms. The molecule has 3 saturated heterocycles. The largest absolute Gasteiger partial charge is 0.508 e. The molecule has 0 radical (unpaired) electrons. The number of aromatic hydroxyl groups is 1. The highest BCUT2D eigenvalue weighted by Gasteiger charge is 2.50. The van der Waals surface area contributed by atoms with Crippen LogP contribution in [-0.2, 0) is 41.6 Å². The quantitative estimate of drug-likeness (QED) is 0.0362. The number of nitrogens with one attached hydrogen (secondary N) is 1. The van der Waals surface area contributed by atoms with Crippen LogP contribution in [0.5, 0.6) is 17.5 Å². The van der Waals surface area contributed by atoms with Crippen LogP contribution in [0, 0.1) is 11.8 Å². The number of amides is 3. The standard InChI is InChI=1S/C67H86N10O9S/c1-5-60(79)74-30-32-75(33-31-74)62-54-25-29-76(58-41-48(78)40-47-16-9-10-17-50(47)58)43-55(54)71-66(72-62)86-45(2)42-73-27-23-49(24-28-73)84-38-36-82-34-35-83-37-39-85-59-22-21-52(51-18-11-12-19-53(51)59)56-44-87-63(70-56)57-20-13-26-77(57)64(80)61(46-14-7-6-8-15-46)67(3,69-4)65(68)81/h5,9-12,16-19,21-22,40-41,44-46,49,57,61,69,78H,1,6-8,13-15,20,23-39,42-43H2,2-4H3,(H2,68,81)/t45-,57?,61-,67+/m1/s1. The van der Waals surface area contributed by atoms with Crippen molar-refractivity contribution in [3.63, 3.8) is 0 Å². The number of likely N-dealkylation sites (tertiary alicyclic amines) is 2. The number of carbonyl (C=O) groups is 3. The third-order valence-electron chi connectivity index (χ3n) is 18.6. The Kier molecular flexibility index (Phi) is 20.2. The topological polar surface area (TPSA) is 211 Å². The molecular weight excluding hydrogens is 1120 g/mol. The maximum Gasteiger partial charge on any atom is 0.318 e. The van der Waals surface area contributed by atoms with E-state index in [0.717, 1.165) is 157 Å². The van der Waals surface area contributed by atoms with Gasteiger partial charge in [-0.05, 0) is 107 Å². The number of thiazole rings is 1. The summed E-state index contributed by atoms with van der Waals surface area (Å²) in [6, 6.07) is 24.2. The van der Waals surface area contributed by atoms with Crippen LogP contribution >= 0.6 is 11.3 Å². The van der Waals surface area contributed by atoms with Crippen LogP contribution in [-0.4, -0.2) is 176 Å². The van der Waals surface area contributed by atoms with Crippen LogP contribution in [0.2, 0.25) is 0 Å². The Morgan fingerprint density at radius 3 is 2.28 bits per heavy atom. The SMILES string of the molecule is C=CC(=O)N1CCN(c2nc(O[C@H](C)CN3CCC(OCCOCCOCCOc4ccc(-c5csc(C6CCCN6C(=O)[C@@H](C6CCCCC6)[C@](C)(NC)C(N)=O)n5)c5ccccc45)CC3)nc3c2CCN(c2cc(O)cc4ccccc24)C3)CC1. The molecule has 464 valence electrons. The summed E-state index contributed by atoms with van der Waals surface area (Å²) >= 11 is 1.59. The van der Waals surface area contributed by atoms with Crippen LogP contribution < -0.4 is 30.3 Å². The molecule has 4 fully saturated rings. The third-order valence-corrected chi connectivity index (χ3v) is 19.5. The lowest BCUT2D eigenvalue weighted by Gasteiger charge is -2.42. The molecule has 1 saturated carbocycles. The molecule has 1 unspecified atom stereocenters. The lowest BCUT2D eigenvalue weighted by atomic mass is 9.69. The van der Waals surface area contributed by atoms with Crippen LogP contribution in [0.25, 0.3) is 32.8 Å². The number of nitrogens with two attached hydrogens (primary N) is 1. The van der Waals surface area contributed by atoms with E-state index in [0.29, 0.717) is 84.9 Å². The van der Waals surface area contributed by atoms with Gasteiger partial charge in [0, 0.05) is 97.9 Å². The maximum atomic E-state index is 14.7. The van der Waals surface area contributed by atoms with Crippen molar-refractivity contribution >= 4 is 62.1 Å². The summed E-state index contributed by atoms with van der Waals surface area (Å²) in [6.07, 6.45) is 10.7. The number of ether oxygens (including phenoxy) is 5. The van der Waals surface area contributed by atoms with Gasteiger partial charge in [-0.15, -0.1) is 11.3 Å². The summed E-state index contributed by atoms with van der Waals surface area (Å²) in [6.45, 7) is 17.2. The van der Waals surface area contributed by atoms with Gasteiger partial charge < -0.3 is 59.4 Å².